The zero-order valence-electron chi connectivity index (χ0n) is 10.6. The first kappa shape index (κ1) is 14.2. The molecule has 1 aliphatic heterocycles. The summed E-state index contributed by atoms with van der Waals surface area (Å²) < 4.78 is 5.55. The molecule has 0 aromatic carbocycles. The van der Waals surface area contributed by atoms with Crippen molar-refractivity contribution in [2.45, 2.75) is 25.7 Å². The van der Waals surface area contributed by atoms with Crippen LogP contribution in [0, 0.1) is 0 Å². The van der Waals surface area contributed by atoms with Gasteiger partial charge in [-0.1, -0.05) is 6.58 Å². The maximum atomic E-state index is 10.8. The molecule has 1 rings (SSSR count). The summed E-state index contributed by atoms with van der Waals surface area (Å²) in [6.07, 6.45) is 5.93. The molecule has 1 N–H and O–H groups in total. The summed E-state index contributed by atoms with van der Waals surface area (Å²) in [5.41, 5.74) is 0. The number of carbonyl (C=O) groups excluding carboxylic acids is 1. The van der Waals surface area contributed by atoms with Crippen molar-refractivity contribution in [3.05, 3.63) is 12.7 Å². The Balaban J connectivity index is 1.78. The van der Waals surface area contributed by atoms with E-state index in [2.05, 4.69) is 16.8 Å². The highest BCUT2D eigenvalue weighted by atomic mass is 16.5. The van der Waals surface area contributed by atoms with Crippen molar-refractivity contribution in [3.63, 3.8) is 0 Å². The summed E-state index contributed by atoms with van der Waals surface area (Å²) in [5.74, 6) is -0.0973. The first-order valence-corrected chi connectivity index (χ1v) is 6.53. The van der Waals surface area contributed by atoms with Gasteiger partial charge in [0.25, 0.3) is 0 Å². The van der Waals surface area contributed by atoms with Crippen LogP contribution in [0.1, 0.15) is 25.7 Å². The van der Waals surface area contributed by atoms with Crippen LogP contribution in [0.25, 0.3) is 0 Å². The summed E-state index contributed by atoms with van der Waals surface area (Å²) in [5, 5.41) is 2.75. The van der Waals surface area contributed by atoms with Crippen LogP contribution < -0.4 is 5.32 Å². The van der Waals surface area contributed by atoms with E-state index >= 15 is 0 Å². The SMILES string of the molecule is C=CC(=O)NCCCCOCCN1CCCC1. The van der Waals surface area contributed by atoms with E-state index in [0.29, 0.717) is 6.54 Å². The number of hydrogen-bond acceptors (Lipinski definition) is 3. The van der Waals surface area contributed by atoms with Crippen LogP contribution in [0.4, 0.5) is 0 Å². The third-order valence-corrected chi connectivity index (χ3v) is 2.95. The Morgan fingerprint density at radius 2 is 2.06 bits per heavy atom. The predicted octanol–water partition coefficient (Wildman–Crippen LogP) is 1.18. The molecule has 4 heteroatoms. The normalized spacial score (nSPS) is 16.0. The molecule has 0 aliphatic carbocycles. The zero-order valence-corrected chi connectivity index (χ0v) is 10.6. The standard InChI is InChI=1S/C13H24N2O2/c1-2-13(16)14-7-3-6-11-17-12-10-15-8-4-5-9-15/h2H,1,3-12H2,(H,14,16). The molecule has 0 unspecified atom stereocenters. The van der Waals surface area contributed by atoms with E-state index in [9.17, 15) is 4.79 Å². The Labute approximate surface area is 104 Å². The second-order valence-corrected chi connectivity index (χ2v) is 4.36. The number of unbranched alkanes of at least 4 members (excludes halogenated alkanes) is 1. The van der Waals surface area contributed by atoms with E-state index in [1.165, 1.54) is 32.0 Å². The van der Waals surface area contributed by atoms with Gasteiger partial charge in [-0.15, -0.1) is 0 Å². The predicted molar refractivity (Wildman–Crippen MR) is 68.9 cm³/mol. The monoisotopic (exact) mass is 240 g/mol. The van der Waals surface area contributed by atoms with Crippen molar-refractivity contribution in [2.75, 3.05) is 39.4 Å². The van der Waals surface area contributed by atoms with Crippen LogP contribution in [0.2, 0.25) is 0 Å². The number of rotatable bonds is 9. The van der Waals surface area contributed by atoms with E-state index < -0.39 is 0 Å². The van der Waals surface area contributed by atoms with Gasteiger partial charge in [-0.3, -0.25) is 4.79 Å². The molecule has 17 heavy (non-hydrogen) atoms. The molecule has 4 nitrogen and oxygen atoms in total. The largest absolute Gasteiger partial charge is 0.380 e. The van der Waals surface area contributed by atoms with Crippen molar-refractivity contribution in [1.29, 1.82) is 0 Å². The van der Waals surface area contributed by atoms with Gasteiger partial charge in [0.05, 0.1) is 6.61 Å². The fourth-order valence-corrected chi connectivity index (χ4v) is 1.91. The number of amides is 1. The van der Waals surface area contributed by atoms with Crippen LogP contribution in [0.15, 0.2) is 12.7 Å². The fraction of sp³-hybridized carbons (Fsp3) is 0.769. The van der Waals surface area contributed by atoms with Gasteiger partial charge in [0, 0.05) is 19.7 Å². The Morgan fingerprint density at radius 3 is 2.76 bits per heavy atom. The summed E-state index contributed by atoms with van der Waals surface area (Å²) in [6.45, 7) is 9.26. The van der Waals surface area contributed by atoms with Crippen molar-refractivity contribution in [2.24, 2.45) is 0 Å². The van der Waals surface area contributed by atoms with Crippen molar-refractivity contribution >= 4 is 5.91 Å². The van der Waals surface area contributed by atoms with Crippen LogP contribution in [0.3, 0.4) is 0 Å². The average Bonchev–Trinajstić information content (AvgIpc) is 2.85. The number of ether oxygens (including phenoxy) is 1. The van der Waals surface area contributed by atoms with Crippen molar-refractivity contribution in [1.82, 2.24) is 10.2 Å². The Bertz CT molecular complexity index is 225. The van der Waals surface area contributed by atoms with E-state index in [-0.39, 0.29) is 5.91 Å². The molecule has 1 saturated heterocycles. The average molecular weight is 240 g/mol. The summed E-state index contributed by atoms with van der Waals surface area (Å²) in [7, 11) is 0. The first-order chi connectivity index (χ1) is 8.33. The highest BCUT2D eigenvalue weighted by Gasteiger charge is 2.09. The lowest BCUT2D eigenvalue weighted by molar-refractivity contribution is -0.116. The van der Waals surface area contributed by atoms with Crippen molar-refractivity contribution in [3.8, 4) is 0 Å². The lowest BCUT2D eigenvalue weighted by Gasteiger charge is -2.14. The fourth-order valence-electron chi connectivity index (χ4n) is 1.91. The van der Waals surface area contributed by atoms with Gasteiger partial charge < -0.3 is 15.0 Å². The number of nitrogens with zero attached hydrogens (tertiary/aromatic N) is 1. The molecule has 0 saturated carbocycles. The molecule has 1 amide bonds. The topological polar surface area (TPSA) is 41.6 Å². The van der Waals surface area contributed by atoms with Crippen molar-refractivity contribution < 1.29 is 9.53 Å². The summed E-state index contributed by atoms with van der Waals surface area (Å²) in [4.78, 5) is 13.3. The number of hydrogen-bond donors (Lipinski definition) is 1. The lowest BCUT2D eigenvalue weighted by atomic mass is 10.3. The smallest absolute Gasteiger partial charge is 0.243 e. The summed E-state index contributed by atoms with van der Waals surface area (Å²) in [6, 6.07) is 0. The Hall–Kier alpha value is -0.870. The zero-order chi connectivity index (χ0) is 12.3. The third-order valence-electron chi connectivity index (χ3n) is 2.95. The number of nitrogens with one attached hydrogen (secondary N) is 1. The van der Waals surface area contributed by atoms with E-state index in [1.54, 1.807) is 0 Å². The van der Waals surface area contributed by atoms with Crippen LogP contribution in [-0.4, -0.2) is 50.2 Å². The maximum absolute atomic E-state index is 10.8. The second kappa shape index (κ2) is 9.19. The van der Waals surface area contributed by atoms with Gasteiger partial charge in [0.2, 0.25) is 5.91 Å². The molecule has 1 fully saturated rings. The minimum atomic E-state index is -0.0973. The van der Waals surface area contributed by atoms with Gasteiger partial charge in [0.15, 0.2) is 0 Å². The van der Waals surface area contributed by atoms with E-state index in [1.807, 2.05) is 0 Å². The van der Waals surface area contributed by atoms with Gasteiger partial charge in [-0.25, -0.2) is 0 Å². The van der Waals surface area contributed by atoms with Gasteiger partial charge >= 0.3 is 0 Å². The molecule has 0 aromatic heterocycles. The van der Waals surface area contributed by atoms with Gasteiger partial charge in [-0.05, 0) is 44.8 Å². The quantitative estimate of drug-likeness (QED) is 0.486. The molecular weight excluding hydrogens is 216 g/mol. The molecule has 1 aliphatic rings. The number of carbonyl (C=O) groups is 1. The lowest BCUT2D eigenvalue weighted by Crippen LogP contribution is -2.24. The van der Waals surface area contributed by atoms with Crippen LogP contribution >= 0.6 is 0 Å². The molecule has 0 radical (unpaired) electrons. The second-order valence-electron chi connectivity index (χ2n) is 4.36. The molecule has 0 spiro atoms. The minimum Gasteiger partial charge on any atom is -0.380 e. The minimum absolute atomic E-state index is 0.0973. The van der Waals surface area contributed by atoms with E-state index in [4.69, 9.17) is 4.74 Å². The molecule has 0 bridgehead atoms. The molecule has 98 valence electrons. The highest BCUT2D eigenvalue weighted by Crippen LogP contribution is 2.05. The molecular formula is C13H24N2O2. The first-order valence-electron chi connectivity index (χ1n) is 6.53. The van der Waals surface area contributed by atoms with Crippen LogP contribution in [0.5, 0.6) is 0 Å². The van der Waals surface area contributed by atoms with E-state index in [0.717, 1.165) is 32.6 Å². The molecule has 1 heterocycles. The number of likely N-dealkylation sites (tertiary alicyclic amines) is 1. The Morgan fingerprint density at radius 1 is 1.29 bits per heavy atom. The van der Waals surface area contributed by atoms with Crippen LogP contribution in [-0.2, 0) is 9.53 Å². The molecule has 0 aromatic rings. The van der Waals surface area contributed by atoms with Gasteiger partial charge in [-0.2, -0.15) is 0 Å². The summed E-state index contributed by atoms with van der Waals surface area (Å²) >= 11 is 0. The Kier molecular flexibility index (Phi) is 7.67. The maximum Gasteiger partial charge on any atom is 0.243 e. The highest BCUT2D eigenvalue weighted by molar-refractivity contribution is 5.86. The third kappa shape index (κ3) is 7.13. The van der Waals surface area contributed by atoms with Gasteiger partial charge in [0.1, 0.15) is 0 Å². The molecule has 0 atom stereocenters.